The number of alkyl halides is 4. The molecular weight excluding hydrogens is 593 g/mol. The Morgan fingerprint density at radius 2 is 1.98 bits per heavy atom. The first kappa shape index (κ1) is 31.6. The molecule has 1 aromatic heterocycles. The van der Waals surface area contributed by atoms with Gasteiger partial charge in [-0.25, -0.2) is 4.39 Å². The zero-order valence-electron chi connectivity index (χ0n) is 23.6. The summed E-state index contributed by atoms with van der Waals surface area (Å²) < 4.78 is 74.5. The fourth-order valence-corrected chi connectivity index (χ4v) is 8.74. The molecule has 2 N–H and O–H groups in total. The van der Waals surface area contributed by atoms with Crippen molar-refractivity contribution in [1.82, 2.24) is 4.90 Å². The largest absolute Gasteiger partial charge is 0.493 e. The summed E-state index contributed by atoms with van der Waals surface area (Å²) in [7, 11) is 0.866. The third-order valence-corrected chi connectivity index (χ3v) is 10.6. The van der Waals surface area contributed by atoms with Crippen LogP contribution in [0, 0.1) is 11.8 Å². The number of rotatable bonds is 8. The van der Waals surface area contributed by atoms with Crippen LogP contribution in [0.3, 0.4) is 0 Å². The van der Waals surface area contributed by atoms with Crippen LogP contribution in [0.15, 0.2) is 35.2 Å². The highest BCUT2D eigenvalue weighted by Gasteiger charge is 2.32. The van der Waals surface area contributed by atoms with Crippen molar-refractivity contribution in [2.24, 2.45) is 0 Å². The van der Waals surface area contributed by atoms with Gasteiger partial charge in [0.15, 0.2) is 5.75 Å². The van der Waals surface area contributed by atoms with Crippen LogP contribution in [0.4, 0.5) is 28.9 Å². The van der Waals surface area contributed by atoms with E-state index >= 15 is 0 Å². The second kappa shape index (κ2) is 12.9. The summed E-state index contributed by atoms with van der Waals surface area (Å²) in [6.07, 6.45) is -4.11. The van der Waals surface area contributed by atoms with Crippen molar-refractivity contribution in [2.75, 3.05) is 64.0 Å². The van der Waals surface area contributed by atoms with Gasteiger partial charge in [-0.2, -0.15) is 13.2 Å². The van der Waals surface area contributed by atoms with E-state index in [4.69, 9.17) is 4.74 Å². The summed E-state index contributed by atoms with van der Waals surface area (Å²) in [5.41, 5.74) is 1.40. The summed E-state index contributed by atoms with van der Waals surface area (Å²) >= 11 is 2.63. The maximum Gasteiger partial charge on any atom is 0.393 e. The Hall–Kier alpha value is -2.38. The van der Waals surface area contributed by atoms with Gasteiger partial charge in [0.2, 0.25) is 0 Å². The lowest BCUT2D eigenvalue weighted by Gasteiger charge is -2.33. The molecule has 1 fully saturated rings. The molecule has 2 atom stereocenters. The first-order valence-corrected chi connectivity index (χ1v) is 17.7. The van der Waals surface area contributed by atoms with Gasteiger partial charge in [0.1, 0.15) is 13.3 Å². The number of hydrogen-bond donors (Lipinski definition) is 2. The van der Waals surface area contributed by atoms with Crippen LogP contribution in [0.1, 0.15) is 16.9 Å². The Morgan fingerprint density at radius 3 is 2.61 bits per heavy atom. The number of methoxy groups -OCH3 is 1. The number of anilines is 2. The second-order valence-corrected chi connectivity index (χ2v) is 15.4. The maximum absolute atomic E-state index is 14.7. The highest BCUT2D eigenvalue weighted by atomic mass is 32.2. The minimum Gasteiger partial charge on any atom is -0.493 e. The highest BCUT2D eigenvalue weighted by molar-refractivity contribution is 7.99. The van der Waals surface area contributed by atoms with E-state index in [1.54, 1.807) is 43.7 Å². The zero-order valence-corrected chi connectivity index (χ0v) is 26.1. The summed E-state index contributed by atoms with van der Waals surface area (Å²) in [6.45, 7) is 4.61. The van der Waals surface area contributed by atoms with Gasteiger partial charge in [-0.3, -0.25) is 0 Å². The van der Waals surface area contributed by atoms with E-state index in [1.165, 1.54) is 30.2 Å². The number of thioether (sulfide) groups is 1. The Labute approximate surface area is 246 Å². The van der Waals surface area contributed by atoms with Gasteiger partial charge in [0.05, 0.1) is 52.0 Å². The molecule has 1 aliphatic rings. The lowest BCUT2D eigenvalue weighted by atomic mass is 10.0. The molecular formula is C29H34F4N3O2PS2. The lowest BCUT2D eigenvalue weighted by molar-refractivity contribution is -0.126. The molecule has 0 unspecified atom stereocenters. The Kier molecular flexibility index (Phi) is 9.90. The number of halogens is 4. The van der Waals surface area contributed by atoms with Gasteiger partial charge in [-0.05, 0) is 62.2 Å². The van der Waals surface area contributed by atoms with Crippen LogP contribution in [-0.2, 0) is 11.0 Å². The number of thiophene rings is 1. The Balaban J connectivity index is 1.63. The van der Waals surface area contributed by atoms with E-state index in [0.29, 0.717) is 45.1 Å². The topological polar surface area (TPSA) is 53.6 Å². The van der Waals surface area contributed by atoms with E-state index in [0.717, 1.165) is 16.7 Å². The smallest absolute Gasteiger partial charge is 0.393 e. The minimum absolute atomic E-state index is 0.127. The number of likely N-dealkylation sites (tertiary alicyclic amines) is 1. The SMILES string of the molecule is COc1c(NCC#Cc2sc3c(N[C@@H]4CCN(C)C[C@@H]4F)cccc3c2CC(F)(F)F)ccc(P(C)(C)=O)c1SC. The molecule has 0 saturated carbocycles. The molecule has 12 heteroatoms. The number of fused-ring (bicyclic) bond motifs is 1. The number of nitrogens with zero attached hydrogens (tertiary/aromatic N) is 1. The van der Waals surface area contributed by atoms with Gasteiger partial charge in [0.25, 0.3) is 0 Å². The van der Waals surface area contributed by atoms with Crippen molar-refractivity contribution < 1.29 is 26.9 Å². The first-order valence-electron chi connectivity index (χ1n) is 13.1. The van der Waals surface area contributed by atoms with Crippen LogP contribution in [0.2, 0.25) is 0 Å². The molecule has 0 amide bonds. The normalized spacial score (nSPS) is 18.2. The van der Waals surface area contributed by atoms with E-state index in [2.05, 4.69) is 22.5 Å². The summed E-state index contributed by atoms with van der Waals surface area (Å²) in [4.78, 5) is 3.03. The van der Waals surface area contributed by atoms with E-state index in [-0.39, 0.29) is 12.1 Å². The minimum atomic E-state index is -4.41. The molecule has 0 radical (unpaired) electrons. The molecule has 0 bridgehead atoms. The molecule has 2 aromatic carbocycles. The number of ether oxygens (including phenoxy) is 1. The van der Waals surface area contributed by atoms with Crippen LogP contribution in [-0.4, -0.2) is 76.7 Å². The van der Waals surface area contributed by atoms with Crippen LogP contribution < -0.4 is 20.7 Å². The molecule has 1 aliphatic heterocycles. The number of hydrogen-bond acceptors (Lipinski definition) is 7. The Morgan fingerprint density at radius 1 is 1.22 bits per heavy atom. The van der Waals surface area contributed by atoms with Gasteiger partial charge in [-0.15, -0.1) is 23.1 Å². The van der Waals surface area contributed by atoms with Crippen molar-refractivity contribution >= 4 is 57.0 Å². The molecule has 0 spiro atoms. The molecule has 2 heterocycles. The number of nitrogens with one attached hydrogen (secondary N) is 2. The van der Waals surface area contributed by atoms with Crippen molar-refractivity contribution in [1.29, 1.82) is 0 Å². The fourth-order valence-electron chi connectivity index (χ4n) is 4.96. The van der Waals surface area contributed by atoms with Crippen molar-refractivity contribution in [3.05, 3.63) is 40.8 Å². The van der Waals surface area contributed by atoms with Crippen LogP contribution in [0.5, 0.6) is 5.75 Å². The Bertz CT molecular complexity index is 1510. The third-order valence-electron chi connectivity index (χ3n) is 6.93. The monoisotopic (exact) mass is 627 g/mol. The first-order chi connectivity index (χ1) is 19.3. The average molecular weight is 628 g/mol. The molecule has 1 saturated heterocycles. The predicted molar refractivity (Wildman–Crippen MR) is 165 cm³/mol. The third kappa shape index (κ3) is 7.53. The van der Waals surface area contributed by atoms with Crippen LogP contribution >= 0.6 is 30.2 Å². The highest BCUT2D eigenvalue weighted by Crippen LogP contribution is 2.44. The van der Waals surface area contributed by atoms with Crippen molar-refractivity contribution in [2.45, 2.75) is 36.1 Å². The van der Waals surface area contributed by atoms with E-state index < -0.39 is 32.0 Å². The molecule has 222 valence electrons. The molecule has 3 aromatic rings. The number of piperidine rings is 1. The van der Waals surface area contributed by atoms with Crippen LogP contribution in [0.25, 0.3) is 10.1 Å². The van der Waals surface area contributed by atoms with Crippen molar-refractivity contribution in [3.63, 3.8) is 0 Å². The van der Waals surface area contributed by atoms with Gasteiger partial charge >= 0.3 is 6.18 Å². The zero-order chi connectivity index (χ0) is 29.9. The molecule has 41 heavy (non-hydrogen) atoms. The average Bonchev–Trinajstić information content (AvgIpc) is 3.23. The van der Waals surface area contributed by atoms with Crippen molar-refractivity contribution in [3.8, 4) is 17.6 Å². The molecule has 4 rings (SSSR count). The maximum atomic E-state index is 14.7. The number of benzene rings is 2. The summed E-state index contributed by atoms with van der Waals surface area (Å²) in [6, 6.07) is 8.32. The van der Waals surface area contributed by atoms with E-state index in [9.17, 15) is 22.1 Å². The standard InChI is InChI=1S/C29H34F4N3O2PS2/c1-36-15-13-21(20(30)17-36)35-23-9-6-8-18-19(16-29(31,32)33)25(41-27(18)23)10-7-14-34-22-11-12-24(39(3,4)37)28(40-5)26(22)38-2/h6,8-9,11-12,20-21,34-35H,13-17H2,1-5H3/t20-,21+/m0/s1. The van der Waals surface area contributed by atoms with Gasteiger partial charge in [-0.1, -0.05) is 24.0 Å². The molecule has 5 nitrogen and oxygen atoms in total. The fraction of sp³-hybridized carbons (Fsp3) is 0.448. The quantitative estimate of drug-likeness (QED) is 0.123. The predicted octanol–water partition coefficient (Wildman–Crippen LogP) is 6.90. The van der Waals surface area contributed by atoms with Gasteiger partial charge in [0, 0.05) is 18.4 Å². The van der Waals surface area contributed by atoms with Gasteiger partial charge < -0.3 is 24.8 Å². The lowest BCUT2D eigenvalue weighted by Crippen LogP contribution is -2.46. The molecule has 0 aliphatic carbocycles. The summed E-state index contributed by atoms with van der Waals surface area (Å²) in [5, 5.41) is 7.64. The second-order valence-electron chi connectivity index (χ2n) is 10.4. The summed E-state index contributed by atoms with van der Waals surface area (Å²) in [5.74, 6) is 6.46. The van der Waals surface area contributed by atoms with E-state index in [1.807, 2.05) is 18.2 Å².